The predicted molar refractivity (Wildman–Crippen MR) is 95.1 cm³/mol. The maximum absolute atomic E-state index is 12.5. The van der Waals surface area contributed by atoms with Crippen LogP contribution in [-0.2, 0) is 0 Å². The third-order valence-electron chi connectivity index (χ3n) is 3.95. The highest BCUT2D eigenvalue weighted by molar-refractivity contribution is 7.17. The van der Waals surface area contributed by atoms with E-state index in [1.165, 1.54) is 11.3 Å². The molecule has 23 heavy (non-hydrogen) atoms. The molecule has 0 saturated carbocycles. The molecule has 0 saturated heterocycles. The standard InChI is InChI=1S/C17H21ClN2O2S/c1-4-10(2)14(9-21)20-16(22)15-11(3)19-17(23-15)12-7-5-6-8-13(12)18/h5-8,10,14,21H,4,9H2,1-3H3,(H,20,22)/t10-,14-/m1/s1. The molecule has 1 amide bonds. The largest absolute Gasteiger partial charge is 0.394 e. The summed E-state index contributed by atoms with van der Waals surface area (Å²) in [4.78, 5) is 17.5. The number of carbonyl (C=O) groups is 1. The van der Waals surface area contributed by atoms with Gasteiger partial charge in [-0.3, -0.25) is 4.79 Å². The quantitative estimate of drug-likeness (QED) is 0.828. The van der Waals surface area contributed by atoms with E-state index in [4.69, 9.17) is 11.6 Å². The lowest BCUT2D eigenvalue weighted by molar-refractivity contribution is 0.0895. The van der Waals surface area contributed by atoms with Crippen molar-refractivity contribution < 1.29 is 9.90 Å². The Bertz CT molecular complexity index is 687. The highest BCUT2D eigenvalue weighted by Crippen LogP contribution is 2.32. The molecule has 0 fully saturated rings. The van der Waals surface area contributed by atoms with Crippen LogP contribution in [0.15, 0.2) is 24.3 Å². The zero-order valence-electron chi connectivity index (χ0n) is 13.5. The number of rotatable bonds is 6. The molecule has 1 aromatic carbocycles. The normalized spacial score (nSPS) is 13.6. The van der Waals surface area contributed by atoms with E-state index in [2.05, 4.69) is 10.3 Å². The molecular formula is C17H21ClN2O2S. The molecule has 0 aliphatic heterocycles. The minimum atomic E-state index is -0.252. The monoisotopic (exact) mass is 352 g/mol. The Morgan fingerprint density at radius 3 is 2.74 bits per heavy atom. The van der Waals surface area contributed by atoms with E-state index in [0.29, 0.717) is 15.6 Å². The van der Waals surface area contributed by atoms with Gasteiger partial charge in [0.25, 0.3) is 5.91 Å². The Kier molecular flexibility index (Phi) is 6.16. The fraction of sp³-hybridized carbons (Fsp3) is 0.412. The molecule has 0 bridgehead atoms. The lowest BCUT2D eigenvalue weighted by Gasteiger charge is -2.21. The molecule has 6 heteroatoms. The number of aromatic nitrogens is 1. The van der Waals surface area contributed by atoms with Crippen LogP contribution < -0.4 is 5.32 Å². The number of benzene rings is 1. The van der Waals surface area contributed by atoms with E-state index in [1.54, 1.807) is 6.07 Å². The van der Waals surface area contributed by atoms with Crippen molar-refractivity contribution in [1.29, 1.82) is 0 Å². The molecule has 1 aromatic heterocycles. The van der Waals surface area contributed by atoms with E-state index >= 15 is 0 Å². The van der Waals surface area contributed by atoms with Crippen molar-refractivity contribution in [1.82, 2.24) is 10.3 Å². The summed E-state index contributed by atoms with van der Waals surface area (Å²) in [5.41, 5.74) is 1.49. The first-order chi connectivity index (χ1) is 11.0. The van der Waals surface area contributed by atoms with Crippen LogP contribution in [0.1, 0.15) is 35.6 Å². The summed E-state index contributed by atoms with van der Waals surface area (Å²) in [6, 6.07) is 7.19. The zero-order chi connectivity index (χ0) is 17.0. The van der Waals surface area contributed by atoms with E-state index in [-0.39, 0.29) is 24.5 Å². The van der Waals surface area contributed by atoms with E-state index in [0.717, 1.165) is 17.0 Å². The lowest BCUT2D eigenvalue weighted by atomic mass is 10.00. The Balaban J connectivity index is 2.24. The summed E-state index contributed by atoms with van der Waals surface area (Å²) in [5, 5.41) is 13.7. The second-order valence-electron chi connectivity index (χ2n) is 5.56. The molecule has 4 nitrogen and oxygen atoms in total. The van der Waals surface area contributed by atoms with E-state index in [1.807, 2.05) is 39.0 Å². The van der Waals surface area contributed by atoms with Crippen molar-refractivity contribution in [2.75, 3.05) is 6.61 Å². The number of hydrogen-bond acceptors (Lipinski definition) is 4. The highest BCUT2D eigenvalue weighted by atomic mass is 35.5. The van der Waals surface area contributed by atoms with Crippen LogP contribution in [0, 0.1) is 12.8 Å². The number of aliphatic hydroxyl groups excluding tert-OH is 1. The van der Waals surface area contributed by atoms with E-state index < -0.39 is 0 Å². The molecule has 124 valence electrons. The van der Waals surface area contributed by atoms with Gasteiger partial charge in [-0.15, -0.1) is 11.3 Å². The van der Waals surface area contributed by atoms with Gasteiger partial charge in [0.05, 0.1) is 23.4 Å². The molecule has 0 unspecified atom stereocenters. The molecule has 0 spiro atoms. The van der Waals surface area contributed by atoms with Crippen LogP contribution in [0.2, 0.25) is 5.02 Å². The Labute approximate surface area is 145 Å². The first-order valence-electron chi connectivity index (χ1n) is 7.62. The second kappa shape index (κ2) is 7.90. The van der Waals surface area contributed by atoms with Crippen LogP contribution >= 0.6 is 22.9 Å². The number of hydrogen-bond donors (Lipinski definition) is 2. The Hall–Kier alpha value is -1.43. The molecule has 2 N–H and O–H groups in total. The number of nitrogens with zero attached hydrogens (tertiary/aromatic N) is 1. The van der Waals surface area contributed by atoms with Crippen molar-refractivity contribution in [3.8, 4) is 10.6 Å². The summed E-state index contributed by atoms with van der Waals surface area (Å²) >= 11 is 7.52. The summed E-state index contributed by atoms with van der Waals surface area (Å²) < 4.78 is 0. The van der Waals surface area contributed by atoms with Gasteiger partial charge in [-0.05, 0) is 18.9 Å². The van der Waals surface area contributed by atoms with Crippen LogP contribution in [-0.4, -0.2) is 28.6 Å². The minimum Gasteiger partial charge on any atom is -0.394 e. The van der Waals surface area contributed by atoms with Crippen molar-refractivity contribution in [3.05, 3.63) is 39.9 Å². The average Bonchev–Trinajstić information content (AvgIpc) is 2.93. The molecule has 1 heterocycles. The maximum atomic E-state index is 12.5. The lowest BCUT2D eigenvalue weighted by Crippen LogP contribution is -2.41. The van der Waals surface area contributed by atoms with Gasteiger partial charge in [-0.2, -0.15) is 0 Å². The third kappa shape index (κ3) is 4.10. The second-order valence-corrected chi connectivity index (χ2v) is 6.97. The van der Waals surface area contributed by atoms with Crippen molar-refractivity contribution in [2.24, 2.45) is 5.92 Å². The molecule has 2 rings (SSSR count). The Morgan fingerprint density at radius 1 is 1.43 bits per heavy atom. The number of aliphatic hydroxyl groups is 1. The number of carbonyl (C=O) groups excluding carboxylic acids is 1. The van der Waals surface area contributed by atoms with Crippen LogP contribution in [0.25, 0.3) is 10.6 Å². The maximum Gasteiger partial charge on any atom is 0.263 e. The van der Waals surface area contributed by atoms with Gasteiger partial charge in [0, 0.05) is 5.56 Å². The SMILES string of the molecule is CC[C@@H](C)[C@@H](CO)NC(=O)c1sc(-c2ccccc2Cl)nc1C. The number of amides is 1. The van der Waals surface area contributed by atoms with Gasteiger partial charge in [0.1, 0.15) is 9.88 Å². The first-order valence-corrected chi connectivity index (χ1v) is 8.81. The van der Waals surface area contributed by atoms with Gasteiger partial charge in [0.15, 0.2) is 0 Å². The third-order valence-corrected chi connectivity index (χ3v) is 5.47. The molecule has 2 atom stereocenters. The van der Waals surface area contributed by atoms with Gasteiger partial charge < -0.3 is 10.4 Å². The van der Waals surface area contributed by atoms with Gasteiger partial charge in [-0.1, -0.05) is 50.1 Å². The Morgan fingerprint density at radius 2 is 2.13 bits per heavy atom. The molecule has 0 radical (unpaired) electrons. The minimum absolute atomic E-state index is 0.0734. The average molecular weight is 353 g/mol. The van der Waals surface area contributed by atoms with Gasteiger partial charge in [0.2, 0.25) is 0 Å². The molecule has 0 aliphatic rings. The van der Waals surface area contributed by atoms with Crippen LogP contribution in [0.5, 0.6) is 0 Å². The van der Waals surface area contributed by atoms with Crippen LogP contribution in [0.4, 0.5) is 0 Å². The first kappa shape index (κ1) is 17.9. The highest BCUT2D eigenvalue weighted by Gasteiger charge is 2.22. The van der Waals surface area contributed by atoms with Crippen molar-refractivity contribution in [2.45, 2.75) is 33.2 Å². The summed E-state index contributed by atoms with van der Waals surface area (Å²) in [6.45, 7) is 5.78. The summed E-state index contributed by atoms with van der Waals surface area (Å²) in [5.74, 6) is 0.0119. The van der Waals surface area contributed by atoms with Gasteiger partial charge >= 0.3 is 0 Å². The predicted octanol–water partition coefficient (Wildman–Crippen LogP) is 3.91. The zero-order valence-corrected chi connectivity index (χ0v) is 15.0. The van der Waals surface area contributed by atoms with Crippen molar-refractivity contribution >= 4 is 28.8 Å². The summed E-state index contributed by atoms with van der Waals surface area (Å²) in [6.07, 6.45) is 0.887. The smallest absolute Gasteiger partial charge is 0.263 e. The summed E-state index contributed by atoms with van der Waals surface area (Å²) in [7, 11) is 0. The molecule has 2 aromatic rings. The van der Waals surface area contributed by atoms with Gasteiger partial charge in [-0.25, -0.2) is 4.98 Å². The molecule has 0 aliphatic carbocycles. The number of thiazole rings is 1. The topological polar surface area (TPSA) is 62.2 Å². The number of nitrogens with one attached hydrogen (secondary N) is 1. The fourth-order valence-corrected chi connectivity index (χ4v) is 3.53. The number of aryl methyl sites for hydroxylation is 1. The van der Waals surface area contributed by atoms with Crippen LogP contribution in [0.3, 0.4) is 0 Å². The molecular weight excluding hydrogens is 332 g/mol. The fourth-order valence-electron chi connectivity index (χ4n) is 2.24. The van der Waals surface area contributed by atoms with E-state index in [9.17, 15) is 9.90 Å². The van der Waals surface area contributed by atoms with Crippen molar-refractivity contribution in [3.63, 3.8) is 0 Å². The number of halogens is 1.